The predicted molar refractivity (Wildman–Crippen MR) is 54.8 cm³/mol. The number of nitrogens with zero attached hydrogens (tertiary/aromatic N) is 3. The van der Waals surface area contributed by atoms with Crippen LogP contribution in [0.5, 0.6) is 0 Å². The van der Waals surface area contributed by atoms with Crippen LogP contribution in [0, 0.1) is 0 Å². The lowest BCUT2D eigenvalue weighted by Crippen LogP contribution is -1.93. The molecule has 1 aromatic rings. The summed E-state index contributed by atoms with van der Waals surface area (Å²) in [6.07, 6.45) is 4.04. The Bertz CT molecular complexity index is 226. The zero-order valence-corrected chi connectivity index (χ0v) is 9.44. The van der Waals surface area contributed by atoms with Crippen LogP contribution in [-0.2, 0) is 7.05 Å². The van der Waals surface area contributed by atoms with Gasteiger partial charge < -0.3 is 0 Å². The van der Waals surface area contributed by atoms with E-state index in [2.05, 4.69) is 26.0 Å². The molecular weight excluding hydrogens is 238 g/mol. The molecule has 0 saturated heterocycles. The zero-order valence-electron chi connectivity index (χ0n) is 7.03. The normalized spacial score (nSPS) is 10.5. The van der Waals surface area contributed by atoms with Gasteiger partial charge in [0.15, 0.2) is 5.16 Å². The van der Waals surface area contributed by atoms with Crippen molar-refractivity contribution in [3.8, 4) is 0 Å². The van der Waals surface area contributed by atoms with E-state index < -0.39 is 0 Å². The van der Waals surface area contributed by atoms with E-state index in [1.54, 1.807) is 22.8 Å². The third kappa shape index (κ3) is 3.15. The van der Waals surface area contributed by atoms with Gasteiger partial charge in [-0.25, -0.2) is 9.67 Å². The minimum atomic E-state index is 1.00. The number of halogens is 1. The van der Waals surface area contributed by atoms with E-state index in [4.69, 9.17) is 0 Å². The van der Waals surface area contributed by atoms with Crippen LogP contribution in [0.25, 0.3) is 0 Å². The fourth-order valence-electron chi connectivity index (χ4n) is 0.776. The second kappa shape index (κ2) is 5.59. The third-order valence-corrected chi connectivity index (χ3v) is 3.11. The molecule has 0 bridgehead atoms. The molecular formula is C7H12BrN3S. The summed E-state index contributed by atoms with van der Waals surface area (Å²) in [6, 6.07) is 0. The number of hydrogen-bond acceptors (Lipinski definition) is 3. The van der Waals surface area contributed by atoms with Gasteiger partial charge in [0, 0.05) is 18.1 Å². The van der Waals surface area contributed by atoms with Crippen molar-refractivity contribution in [2.45, 2.75) is 18.0 Å². The topological polar surface area (TPSA) is 30.7 Å². The number of thioether (sulfide) groups is 1. The van der Waals surface area contributed by atoms with Crippen LogP contribution >= 0.6 is 27.7 Å². The van der Waals surface area contributed by atoms with E-state index in [9.17, 15) is 0 Å². The highest BCUT2D eigenvalue weighted by molar-refractivity contribution is 9.09. The van der Waals surface area contributed by atoms with Gasteiger partial charge in [0.25, 0.3) is 0 Å². The monoisotopic (exact) mass is 249 g/mol. The summed E-state index contributed by atoms with van der Waals surface area (Å²) in [4.78, 5) is 4.12. The van der Waals surface area contributed by atoms with Crippen LogP contribution < -0.4 is 0 Å². The molecule has 0 fully saturated rings. The molecule has 12 heavy (non-hydrogen) atoms. The van der Waals surface area contributed by atoms with Crippen LogP contribution in [0.3, 0.4) is 0 Å². The molecule has 3 nitrogen and oxygen atoms in total. The summed E-state index contributed by atoms with van der Waals surface area (Å²) >= 11 is 5.16. The van der Waals surface area contributed by atoms with Gasteiger partial charge in [-0.2, -0.15) is 5.10 Å². The van der Waals surface area contributed by atoms with Crippen molar-refractivity contribution < 1.29 is 0 Å². The van der Waals surface area contributed by atoms with Crippen molar-refractivity contribution in [3.63, 3.8) is 0 Å². The maximum Gasteiger partial charge on any atom is 0.185 e. The van der Waals surface area contributed by atoms with Crippen molar-refractivity contribution in [1.29, 1.82) is 0 Å². The van der Waals surface area contributed by atoms with E-state index in [-0.39, 0.29) is 0 Å². The molecule has 1 heterocycles. The van der Waals surface area contributed by atoms with Crippen LogP contribution in [0.1, 0.15) is 12.8 Å². The highest BCUT2D eigenvalue weighted by Crippen LogP contribution is 2.14. The molecule has 0 unspecified atom stereocenters. The summed E-state index contributed by atoms with van der Waals surface area (Å²) in [5, 5.41) is 6.08. The first-order valence-corrected chi connectivity index (χ1v) is 5.98. The van der Waals surface area contributed by atoms with Crippen molar-refractivity contribution >= 4 is 27.7 Å². The smallest absolute Gasteiger partial charge is 0.185 e. The van der Waals surface area contributed by atoms with Gasteiger partial charge in [-0.05, 0) is 12.8 Å². The molecule has 0 aliphatic heterocycles. The maximum atomic E-state index is 4.12. The zero-order chi connectivity index (χ0) is 8.81. The Morgan fingerprint density at radius 2 is 2.42 bits per heavy atom. The van der Waals surface area contributed by atoms with Gasteiger partial charge in [-0.3, -0.25) is 0 Å². The van der Waals surface area contributed by atoms with Gasteiger partial charge in [-0.15, -0.1) is 0 Å². The lowest BCUT2D eigenvalue weighted by atomic mass is 10.4. The highest BCUT2D eigenvalue weighted by atomic mass is 79.9. The van der Waals surface area contributed by atoms with E-state index in [1.165, 1.54) is 12.8 Å². The Morgan fingerprint density at radius 3 is 3.00 bits per heavy atom. The molecule has 0 aliphatic carbocycles. The van der Waals surface area contributed by atoms with Crippen molar-refractivity contribution in [3.05, 3.63) is 6.33 Å². The summed E-state index contributed by atoms with van der Waals surface area (Å²) in [5.41, 5.74) is 0. The summed E-state index contributed by atoms with van der Waals surface area (Å²) in [6.45, 7) is 0. The first-order chi connectivity index (χ1) is 5.84. The number of alkyl halides is 1. The Balaban J connectivity index is 2.20. The van der Waals surface area contributed by atoms with Crippen LogP contribution in [0.4, 0.5) is 0 Å². The second-order valence-electron chi connectivity index (χ2n) is 2.41. The van der Waals surface area contributed by atoms with E-state index in [1.807, 2.05) is 7.05 Å². The van der Waals surface area contributed by atoms with Gasteiger partial charge in [0.05, 0.1) is 0 Å². The summed E-state index contributed by atoms with van der Waals surface area (Å²) < 4.78 is 1.80. The van der Waals surface area contributed by atoms with Crippen molar-refractivity contribution in [1.82, 2.24) is 14.8 Å². The summed E-state index contributed by atoms with van der Waals surface area (Å²) in [5.74, 6) is 1.12. The van der Waals surface area contributed by atoms with Gasteiger partial charge in [0.1, 0.15) is 6.33 Å². The molecule has 1 aromatic heterocycles. The minimum Gasteiger partial charge on any atom is -0.244 e. The van der Waals surface area contributed by atoms with Crippen LogP contribution in [0.2, 0.25) is 0 Å². The summed E-state index contributed by atoms with van der Waals surface area (Å²) in [7, 11) is 1.92. The van der Waals surface area contributed by atoms with Gasteiger partial charge in [-0.1, -0.05) is 27.7 Å². The number of rotatable bonds is 5. The predicted octanol–water partition coefficient (Wildman–Crippen LogP) is 2.08. The fraction of sp³-hybridized carbons (Fsp3) is 0.714. The number of aryl methyl sites for hydroxylation is 1. The maximum absolute atomic E-state index is 4.12. The quantitative estimate of drug-likeness (QED) is 0.455. The Hall–Kier alpha value is -0.0300. The van der Waals surface area contributed by atoms with Gasteiger partial charge >= 0.3 is 0 Å². The minimum absolute atomic E-state index is 1.00. The Morgan fingerprint density at radius 1 is 1.58 bits per heavy atom. The largest absolute Gasteiger partial charge is 0.244 e. The molecule has 0 saturated carbocycles. The lowest BCUT2D eigenvalue weighted by Gasteiger charge is -1.98. The molecule has 0 amide bonds. The molecule has 0 atom stereocenters. The molecule has 0 N–H and O–H groups in total. The van der Waals surface area contributed by atoms with Crippen LogP contribution in [0.15, 0.2) is 11.5 Å². The van der Waals surface area contributed by atoms with Crippen molar-refractivity contribution in [2.24, 2.45) is 7.05 Å². The first kappa shape index (κ1) is 10.1. The van der Waals surface area contributed by atoms with Crippen molar-refractivity contribution in [2.75, 3.05) is 11.1 Å². The molecule has 0 aliphatic rings. The van der Waals surface area contributed by atoms with Crippen LogP contribution in [-0.4, -0.2) is 25.8 Å². The average Bonchev–Trinajstić information content (AvgIpc) is 2.46. The Kier molecular flexibility index (Phi) is 4.68. The lowest BCUT2D eigenvalue weighted by molar-refractivity contribution is 0.684. The second-order valence-corrected chi connectivity index (χ2v) is 4.27. The van der Waals surface area contributed by atoms with E-state index >= 15 is 0 Å². The SMILES string of the molecule is Cn1ncnc1SCCCCBr. The molecule has 68 valence electrons. The first-order valence-electron chi connectivity index (χ1n) is 3.87. The molecule has 5 heteroatoms. The highest BCUT2D eigenvalue weighted by Gasteiger charge is 1.99. The number of aromatic nitrogens is 3. The fourth-order valence-corrected chi connectivity index (χ4v) is 2.06. The molecule has 0 aromatic carbocycles. The molecule has 0 spiro atoms. The standard InChI is InChI=1S/C7H12BrN3S/c1-11-7(9-6-10-11)12-5-3-2-4-8/h6H,2-5H2,1H3. The van der Waals surface area contributed by atoms with Gasteiger partial charge in [0.2, 0.25) is 0 Å². The third-order valence-electron chi connectivity index (χ3n) is 1.43. The average molecular weight is 250 g/mol. The number of unbranched alkanes of at least 4 members (excludes halogenated alkanes) is 1. The molecule has 1 rings (SSSR count). The molecule has 0 radical (unpaired) electrons. The van der Waals surface area contributed by atoms with E-state index in [0.717, 1.165) is 16.2 Å². The Labute approximate surface area is 85.1 Å². The number of hydrogen-bond donors (Lipinski definition) is 0. The van der Waals surface area contributed by atoms with E-state index in [0.29, 0.717) is 0 Å².